The van der Waals surface area contributed by atoms with Crippen molar-refractivity contribution in [1.82, 2.24) is 0 Å². The highest BCUT2D eigenvalue weighted by Gasteiger charge is 2.01. The van der Waals surface area contributed by atoms with Gasteiger partial charge in [0, 0.05) is 10.0 Å². The van der Waals surface area contributed by atoms with E-state index in [0.717, 1.165) is 10.2 Å². The van der Waals surface area contributed by atoms with E-state index in [1.54, 1.807) is 24.3 Å². The molecule has 0 aromatic heterocycles. The van der Waals surface area contributed by atoms with Gasteiger partial charge in [-0.2, -0.15) is 0 Å². The van der Waals surface area contributed by atoms with Gasteiger partial charge < -0.3 is 15.7 Å². The molecule has 0 aliphatic carbocycles. The first-order valence-electron chi connectivity index (χ1n) is 5.20. The summed E-state index contributed by atoms with van der Waals surface area (Å²) < 4.78 is 6.61. The Labute approximate surface area is 113 Å². The molecule has 3 N–H and O–H groups in total. The molecule has 92 valence electrons. The molecule has 2 rings (SSSR count). The van der Waals surface area contributed by atoms with Crippen LogP contribution >= 0.6 is 15.9 Å². The Bertz CT molecular complexity index is 567. The number of rotatable bonds is 3. The summed E-state index contributed by atoms with van der Waals surface area (Å²) >= 11 is 3.38. The van der Waals surface area contributed by atoms with Crippen molar-refractivity contribution in [3.63, 3.8) is 0 Å². The van der Waals surface area contributed by atoms with Gasteiger partial charge in [0.1, 0.15) is 11.5 Å². The van der Waals surface area contributed by atoms with Crippen LogP contribution in [0.5, 0.6) is 11.5 Å². The second-order valence-electron chi connectivity index (χ2n) is 3.57. The van der Waals surface area contributed by atoms with E-state index in [1.807, 2.05) is 24.3 Å². The fourth-order valence-electron chi connectivity index (χ4n) is 1.42. The first-order chi connectivity index (χ1) is 8.69. The van der Waals surface area contributed by atoms with Crippen molar-refractivity contribution in [1.29, 1.82) is 0 Å². The highest BCUT2D eigenvalue weighted by molar-refractivity contribution is 9.10. The highest BCUT2D eigenvalue weighted by Crippen LogP contribution is 2.24. The zero-order chi connectivity index (χ0) is 13.0. The Morgan fingerprint density at radius 1 is 1.11 bits per heavy atom. The third-order valence-electron chi connectivity index (χ3n) is 2.29. The zero-order valence-electron chi connectivity index (χ0n) is 9.38. The maximum Gasteiger partial charge on any atom is 0.170 e. The maximum atomic E-state index is 8.55. The van der Waals surface area contributed by atoms with Crippen LogP contribution in [0.1, 0.15) is 5.56 Å². The molecule has 0 fully saturated rings. The number of hydrogen-bond acceptors (Lipinski definition) is 3. The Morgan fingerprint density at radius 3 is 2.44 bits per heavy atom. The molecule has 0 aliphatic heterocycles. The molecule has 0 unspecified atom stereocenters. The second-order valence-corrected chi connectivity index (χ2v) is 4.48. The molecule has 2 aromatic carbocycles. The van der Waals surface area contributed by atoms with Gasteiger partial charge in [-0.05, 0) is 42.5 Å². The Hall–Kier alpha value is -2.01. The summed E-state index contributed by atoms with van der Waals surface area (Å²) in [6.45, 7) is 0. The minimum absolute atomic E-state index is 0.0732. The largest absolute Gasteiger partial charge is 0.457 e. The van der Waals surface area contributed by atoms with Crippen LogP contribution in [0, 0.1) is 0 Å². The maximum absolute atomic E-state index is 8.55. The highest BCUT2D eigenvalue weighted by atomic mass is 79.9. The minimum atomic E-state index is 0.0732. The fourth-order valence-corrected chi connectivity index (χ4v) is 1.80. The number of ether oxygens (including phenoxy) is 1. The number of benzene rings is 2. The monoisotopic (exact) mass is 306 g/mol. The average molecular weight is 307 g/mol. The fraction of sp³-hybridized carbons (Fsp3) is 0. The van der Waals surface area contributed by atoms with E-state index < -0.39 is 0 Å². The van der Waals surface area contributed by atoms with E-state index in [2.05, 4.69) is 21.1 Å². The van der Waals surface area contributed by atoms with Crippen LogP contribution in [0.15, 0.2) is 58.2 Å². The smallest absolute Gasteiger partial charge is 0.170 e. The van der Waals surface area contributed by atoms with Crippen LogP contribution in [0.3, 0.4) is 0 Å². The third-order valence-corrected chi connectivity index (χ3v) is 2.78. The summed E-state index contributed by atoms with van der Waals surface area (Å²) in [5.74, 6) is 1.49. The summed E-state index contributed by atoms with van der Waals surface area (Å²) in [4.78, 5) is 0. The summed E-state index contributed by atoms with van der Waals surface area (Å²) in [5, 5.41) is 11.5. The van der Waals surface area contributed by atoms with Crippen LogP contribution < -0.4 is 10.5 Å². The molecule has 0 saturated carbocycles. The topological polar surface area (TPSA) is 67.8 Å². The molecule has 4 nitrogen and oxygen atoms in total. The van der Waals surface area contributed by atoms with Gasteiger partial charge in [0.2, 0.25) is 0 Å². The van der Waals surface area contributed by atoms with Gasteiger partial charge in [0.05, 0.1) is 0 Å². The van der Waals surface area contributed by atoms with Gasteiger partial charge in [0.15, 0.2) is 5.84 Å². The Morgan fingerprint density at radius 2 is 1.83 bits per heavy atom. The molecule has 0 spiro atoms. The van der Waals surface area contributed by atoms with Gasteiger partial charge in [0.25, 0.3) is 0 Å². The predicted octanol–water partition coefficient (Wildman–Crippen LogP) is 3.34. The molecule has 18 heavy (non-hydrogen) atoms. The molecule has 5 heteroatoms. The van der Waals surface area contributed by atoms with E-state index in [0.29, 0.717) is 11.3 Å². The molecule has 0 heterocycles. The van der Waals surface area contributed by atoms with Gasteiger partial charge in [-0.1, -0.05) is 27.2 Å². The number of hydrogen-bond donors (Lipinski definition) is 2. The molecule has 0 saturated heterocycles. The third kappa shape index (κ3) is 3.01. The summed E-state index contributed by atoms with van der Waals surface area (Å²) in [6, 6.07) is 14.5. The number of nitrogens with zero attached hydrogens (tertiary/aromatic N) is 1. The number of amidine groups is 1. The van der Waals surface area contributed by atoms with Crippen LogP contribution in [0.25, 0.3) is 0 Å². The minimum Gasteiger partial charge on any atom is -0.457 e. The lowest BCUT2D eigenvalue weighted by molar-refractivity contribution is 0.318. The van der Waals surface area contributed by atoms with E-state index in [1.165, 1.54) is 0 Å². The number of oxime groups is 1. The first kappa shape index (κ1) is 12.4. The molecule has 0 aliphatic rings. The molecule has 2 aromatic rings. The van der Waals surface area contributed by atoms with Crippen molar-refractivity contribution in [2.75, 3.05) is 0 Å². The van der Waals surface area contributed by atoms with Crippen molar-refractivity contribution in [2.45, 2.75) is 0 Å². The van der Waals surface area contributed by atoms with Crippen LogP contribution in [0.4, 0.5) is 0 Å². The standard InChI is InChI=1S/C13H11BrN2O2/c14-10-2-1-3-12(8-10)18-11-6-4-9(5-7-11)13(15)16-17/h1-8,17H,(H2,15,16). The van der Waals surface area contributed by atoms with E-state index in [4.69, 9.17) is 15.7 Å². The van der Waals surface area contributed by atoms with Crippen molar-refractivity contribution in [3.05, 3.63) is 58.6 Å². The predicted molar refractivity (Wildman–Crippen MR) is 73.2 cm³/mol. The van der Waals surface area contributed by atoms with E-state index in [-0.39, 0.29) is 5.84 Å². The Kier molecular flexibility index (Phi) is 3.84. The number of halogens is 1. The quantitative estimate of drug-likeness (QED) is 0.395. The molecule has 0 amide bonds. The van der Waals surface area contributed by atoms with Gasteiger partial charge in [-0.3, -0.25) is 0 Å². The Balaban J connectivity index is 2.16. The normalized spacial score (nSPS) is 11.3. The molecule has 0 radical (unpaired) electrons. The summed E-state index contributed by atoms with van der Waals surface area (Å²) in [7, 11) is 0. The van der Waals surface area contributed by atoms with E-state index >= 15 is 0 Å². The van der Waals surface area contributed by atoms with Crippen molar-refractivity contribution in [3.8, 4) is 11.5 Å². The molecule has 0 atom stereocenters. The lowest BCUT2D eigenvalue weighted by Crippen LogP contribution is -2.12. The van der Waals surface area contributed by atoms with Gasteiger partial charge in [-0.25, -0.2) is 0 Å². The van der Waals surface area contributed by atoms with Crippen LogP contribution in [0.2, 0.25) is 0 Å². The summed E-state index contributed by atoms with van der Waals surface area (Å²) in [5.41, 5.74) is 6.11. The SMILES string of the molecule is N/C(=N\O)c1ccc(Oc2cccc(Br)c2)cc1. The van der Waals surface area contributed by atoms with Gasteiger partial charge >= 0.3 is 0 Å². The first-order valence-corrected chi connectivity index (χ1v) is 6.00. The number of nitrogens with two attached hydrogens (primary N) is 1. The molecule has 0 bridgehead atoms. The lowest BCUT2D eigenvalue weighted by atomic mass is 10.2. The van der Waals surface area contributed by atoms with Crippen molar-refractivity contribution in [2.24, 2.45) is 10.9 Å². The van der Waals surface area contributed by atoms with Crippen LogP contribution in [-0.4, -0.2) is 11.0 Å². The molecular formula is C13H11BrN2O2. The van der Waals surface area contributed by atoms with E-state index in [9.17, 15) is 0 Å². The molecular weight excluding hydrogens is 296 g/mol. The van der Waals surface area contributed by atoms with Crippen LogP contribution in [-0.2, 0) is 0 Å². The summed E-state index contributed by atoms with van der Waals surface area (Å²) in [6.07, 6.45) is 0. The van der Waals surface area contributed by atoms with Crippen molar-refractivity contribution >= 4 is 21.8 Å². The average Bonchev–Trinajstić information content (AvgIpc) is 2.39. The van der Waals surface area contributed by atoms with Crippen molar-refractivity contribution < 1.29 is 9.94 Å². The lowest BCUT2D eigenvalue weighted by Gasteiger charge is -2.06. The van der Waals surface area contributed by atoms with Gasteiger partial charge in [-0.15, -0.1) is 0 Å². The zero-order valence-corrected chi connectivity index (χ0v) is 11.0. The second kappa shape index (κ2) is 5.55.